The van der Waals surface area contributed by atoms with Crippen molar-refractivity contribution in [3.8, 4) is 34.0 Å². The predicted octanol–water partition coefficient (Wildman–Crippen LogP) is 4.75. The largest absolute Gasteiger partial charge is 0.485 e. The Morgan fingerprint density at radius 2 is 1.69 bits per heavy atom. The maximum atomic E-state index is 13.5. The Morgan fingerprint density at radius 3 is 2.53 bits per heavy atom. The number of likely N-dealkylation sites (tertiary alicyclic amines) is 1. The number of carbonyl (C=O) groups excluding carboxylic acids is 1. The fraction of sp³-hybridized carbons (Fsp3) is 0.241. The maximum absolute atomic E-state index is 13.5. The van der Waals surface area contributed by atoms with E-state index in [1.54, 1.807) is 12.4 Å². The van der Waals surface area contributed by atoms with Crippen molar-refractivity contribution in [2.45, 2.75) is 24.9 Å². The minimum Gasteiger partial charge on any atom is -0.485 e. The van der Waals surface area contributed by atoms with Gasteiger partial charge in [-0.05, 0) is 42.7 Å². The lowest BCUT2D eigenvalue weighted by Crippen LogP contribution is -2.49. The highest BCUT2D eigenvalue weighted by atomic mass is 16.6. The molecule has 4 heterocycles. The molecule has 7 nitrogen and oxygen atoms in total. The molecule has 0 spiro atoms. The Bertz CT molecular complexity index is 1360. The topological polar surface area (TPSA) is 77.4 Å². The monoisotopic (exact) mass is 478 g/mol. The Labute approximate surface area is 209 Å². The second-order valence-corrected chi connectivity index (χ2v) is 9.08. The molecule has 7 heteroatoms. The van der Waals surface area contributed by atoms with Gasteiger partial charge in [0.15, 0.2) is 17.3 Å². The number of hydrogen-bond donors (Lipinski definition) is 0. The van der Waals surface area contributed by atoms with Gasteiger partial charge in [0.1, 0.15) is 6.61 Å². The third-order valence-corrected chi connectivity index (χ3v) is 6.75. The van der Waals surface area contributed by atoms with Crippen LogP contribution in [0.4, 0.5) is 0 Å². The fourth-order valence-electron chi connectivity index (χ4n) is 4.93. The standard InChI is InChI=1S/C29H26N4O3/c34-29(26-19-35-24-10-4-5-11-25(24)36-26)33-16-6-9-22(18-33)27-23(20-7-2-1-3-8-20)17-31-28(32-27)21-12-14-30-15-13-21/h1-5,7-8,10-15,17,22,26H,6,9,16,18-19H2. The van der Waals surface area contributed by atoms with Crippen LogP contribution < -0.4 is 9.47 Å². The molecule has 2 aliphatic heterocycles. The average Bonchev–Trinajstić information content (AvgIpc) is 2.97. The first kappa shape index (κ1) is 22.2. The van der Waals surface area contributed by atoms with Crippen LogP contribution in [0.3, 0.4) is 0 Å². The van der Waals surface area contributed by atoms with Gasteiger partial charge in [0, 0.05) is 48.7 Å². The molecule has 180 valence electrons. The number of benzene rings is 2. The molecular formula is C29H26N4O3. The summed E-state index contributed by atoms with van der Waals surface area (Å²) in [7, 11) is 0. The van der Waals surface area contributed by atoms with Gasteiger partial charge in [-0.3, -0.25) is 9.78 Å². The number of piperidine rings is 1. The average molecular weight is 479 g/mol. The van der Waals surface area contributed by atoms with Crippen molar-refractivity contribution in [2.75, 3.05) is 19.7 Å². The molecule has 1 amide bonds. The normalized spacial score (nSPS) is 19.1. The summed E-state index contributed by atoms with van der Waals surface area (Å²) >= 11 is 0. The van der Waals surface area contributed by atoms with E-state index in [0.717, 1.165) is 35.2 Å². The minimum absolute atomic E-state index is 0.0427. The van der Waals surface area contributed by atoms with Gasteiger partial charge in [0.25, 0.3) is 5.91 Å². The van der Waals surface area contributed by atoms with Crippen LogP contribution in [0.25, 0.3) is 22.5 Å². The number of para-hydroxylation sites is 2. The zero-order chi connectivity index (χ0) is 24.3. The molecular weight excluding hydrogens is 452 g/mol. The number of fused-ring (bicyclic) bond motifs is 1. The second kappa shape index (κ2) is 9.77. The van der Waals surface area contributed by atoms with Gasteiger partial charge in [-0.15, -0.1) is 0 Å². The molecule has 4 aromatic rings. The molecule has 0 radical (unpaired) electrons. The zero-order valence-electron chi connectivity index (χ0n) is 19.8. The second-order valence-electron chi connectivity index (χ2n) is 9.08. The van der Waals surface area contributed by atoms with Gasteiger partial charge >= 0.3 is 0 Å². The molecule has 1 fully saturated rings. The molecule has 2 aliphatic rings. The van der Waals surface area contributed by atoms with Crippen LogP contribution in [0.5, 0.6) is 11.5 Å². The predicted molar refractivity (Wildman–Crippen MR) is 136 cm³/mol. The van der Waals surface area contributed by atoms with Crippen LogP contribution in [0.15, 0.2) is 85.3 Å². The Morgan fingerprint density at radius 1 is 0.917 bits per heavy atom. The first-order valence-corrected chi connectivity index (χ1v) is 12.3. The highest BCUT2D eigenvalue weighted by Gasteiger charge is 2.35. The summed E-state index contributed by atoms with van der Waals surface area (Å²) in [4.78, 5) is 29.2. The molecule has 0 N–H and O–H groups in total. The molecule has 2 unspecified atom stereocenters. The van der Waals surface area contributed by atoms with Crippen molar-refractivity contribution in [2.24, 2.45) is 0 Å². The molecule has 0 aliphatic carbocycles. The van der Waals surface area contributed by atoms with Crippen molar-refractivity contribution in [1.29, 1.82) is 0 Å². The summed E-state index contributed by atoms with van der Waals surface area (Å²) in [6, 6.07) is 21.5. The van der Waals surface area contributed by atoms with Gasteiger partial charge in [-0.2, -0.15) is 0 Å². The van der Waals surface area contributed by atoms with Crippen LogP contribution in [0.1, 0.15) is 24.5 Å². The minimum atomic E-state index is -0.648. The van der Waals surface area contributed by atoms with E-state index in [0.29, 0.717) is 30.4 Å². The molecule has 6 rings (SSSR count). The van der Waals surface area contributed by atoms with Crippen LogP contribution in [-0.2, 0) is 4.79 Å². The fourth-order valence-corrected chi connectivity index (χ4v) is 4.93. The lowest BCUT2D eigenvalue weighted by molar-refractivity contribution is -0.142. The number of hydrogen-bond acceptors (Lipinski definition) is 6. The molecule has 2 aromatic carbocycles. The smallest absolute Gasteiger partial charge is 0.267 e. The summed E-state index contributed by atoms with van der Waals surface area (Å²) in [6.45, 7) is 1.48. The van der Waals surface area contributed by atoms with Crippen molar-refractivity contribution in [1.82, 2.24) is 19.9 Å². The maximum Gasteiger partial charge on any atom is 0.267 e. The quantitative estimate of drug-likeness (QED) is 0.421. The number of amides is 1. The van der Waals surface area contributed by atoms with Crippen LogP contribution in [0, 0.1) is 0 Å². The van der Waals surface area contributed by atoms with Crippen molar-refractivity contribution in [3.63, 3.8) is 0 Å². The van der Waals surface area contributed by atoms with Crippen molar-refractivity contribution < 1.29 is 14.3 Å². The molecule has 0 saturated carbocycles. The Hall–Kier alpha value is -4.26. The molecule has 0 bridgehead atoms. The Kier molecular flexibility index (Phi) is 6.03. The molecule has 36 heavy (non-hydrogen) atoms. The van der Waals surface area contributed by atoms with Crippen LogP contribution >= 0.6 is 0 Å². The van der Waals surface area contributed by atoms with Gasteiger partial charge < -0.3 is 14.4 Å². The van der Waals surface area contributed by atoms with Crippen molar-refractivity contribution in [3.05, 3.63) is 91.0 Å². The highest BCUT2D eigenvalue weighted by molar-refractivity contribution is 5.82. The molecule has 2 aromatic heterocycles. The van der Waals surface area contributed by atoms with Gasteiger partial charge in [-0.25, -0.2) is 9.97 Å². The number of nitrogens with zero attached hydrogens (tertiary/aromatic N) is 4. The highest BCUT2D eigenvalue weighted by Crippen LogP contribution is 2.36. The van der Waals surface area contributed by atoms with Crippen LogP contribution in [0.2, 0.25) is 0 Å². The summed E-state index contributed by atoms with van der Waals surface area (Å²) in [5.74, 6) is 1.99. The van der Waals surface area contributed by atoms with E-state index in [2.05, 4.69) is 22.1 Å². The van der Waals surface area contributed by atoms with Crippen molar-refractivity contribution >= 4 is 5.91 Å². The lowest BCUT2D eigenvalue weighted by Gasteiger charge is -2.36. The van der Waals surface area contributed by atoms with E-state index in [1.165, 1.54) is 0 Å². The first-order valence-electron chi connectivity index (χ1n) is 12.3. The van der Waals surface area contributed by atoms with E-state index < -0.39 is 6.10 Å². The number of aromatic nitrogens is 3. The van der Waals surface area contributed by atoms with E-state index in [4.69, 9.17) is 14.5 Å². The van der Waals surface area contributed by atoms with E-state index in [-0.39, 0.29) is 18.4 Å². The molecule has 1 saturated heterocycles. The number of pyridine rings is 1. The van der Waals surface area contributed by atoms with Gasteiger partial charge in [0.05, 0.1) is 5.69 Å². The zero-order valence-corrected chi connectivity index (χ0v) is 19.8. The SMILES string of the molecule is O=C(C1COc2ccccc2O1)N1CCCC(c2nc(-c3ccncc3)ncc2-c2ccccc2)C1. The first-order chi connectivity index (χ1) is 17.8. The number of rotatable bonds is 4. The third-order valence-electron chi connectivity index (χ3n) is 6.75. The number of ether oxygens (including phenoxy) is 2. The van der Waals surface area contributed by atoms with Gasteiger partial charge in [0.2, 0.25) is 6.10 Å². The Balaban J connectivity index is 1.29. The number of carbonyl (C=O) groups is 1. The van der Waals surface area contributed by atoms with Gasteiger partial charge in [-0.1, -0.05) is 42.5 Å². The summed E-state index contributed by atoms with van der Waals surface area (Å²) < 4.78 is 11.8. The third kappa shape index (κ3) is 4.40. The lowest BCUT2D eigenvalue weighted by atomic mass is 9.89. The summed E-state index contributed by atoms with van der Waals surface area (Å²) in [5, 5.41) is 0. The van der Waals surface area contributed by atoms with E-state index >= 15 is 0 Å². The molecule has 2 atom stereocenters. The van der Waals surface area contributed by atoms with E-state index in [1.807, 2.05) is 65.7 Å². The van der Waals surface area contributed by atoms with E-state index in [9.17, 15) is 4.79 Å². The summed E-state index contributed by atoms with van der Waals surface area (Å²) in [5.41, 5.74) is 3.95. The summed E-state index contributed by atoms with van der Waals surface area (Å²) in [6.07, 6.45) is 6.59. The van der Waals surface area contributed by atoms with Crippen LogP contribution in [-0.4, -0.2) is 51.6 Å².